The first-order chi connectivity index (χ1) is 20.2. The molecule has 1 aromatic heterocycles. The molecule has 0 unspecified atom stereocenters. The smallest absolute Gasteiger partial charge is 0.249 e. The van der Waals surface area contributed by atoms with Crippen LogP contribution in [0.5, 0.6) is 5.75 Å². The quantitative estimate of drug-likeness (QED) is 0.108. The molecule has 0 saturated heterocycles. The first-order valence-electron chi connectivity index (χ1n) is 14.5. The van der Waals surface area contributed by atoms with E-state index >= 15 is 0 Å². The van der Waals surface area contributed by atoms with Gasteiger partial charge in [-0.15, -0.1) is 0 Å². The number of carbonyl (C=O) groups excluding carboxylic acids is 2. The highest BCUT2D eigenvalue weighted by molar-refractivity contribution is 5.82. The zero-order valence-electron chi connectivity index (χ0n) is 25.0. The molecule has 0 spiro atoms. The molecule has 3 atom stereocenters. The summed E-state index contributed by atoms with van der Waals surface area (Å²) < 4.78 is 5.56. The van der Waals surface area contributed by atoms with Crippen LogP contribution in [0, 0.1) is 13.8 Å². The number of nitrogens with one attached hydrogen (secondary N) is 2. The monoisotopic (exact) mass is 581 g/mol. The van der Waals surface area contributed by atoms with Gasteiger partial charge in [-0.2, -0.15) is 4.98 Å². The lowest BCUT2D eigenvalue weighted by Crippen LogP contribution is -2.45. The molecule has 0 aliphatic heterocycles. The van der Waals surface area contributed by atoms with Crippen molar-refractivity contribution < 1.29 is 19.2 Å². The molecule has 0 aliphatic carbocycles. The van der Waals surface area contributed by atoms with E-state index in [0.29, 0.717) is 50.5 Å². The third-order valence-electron chi connectivity index (χ3n) is 6.92. The van der Waals surface area contributed by atoms with Crippen LogP contribution in [-0.4, -0.2) is 59.7 Å². The van der Waals surface area contributed by atoms with Crippen molar-refractivity contribution >= 4 is 12.2 Å². The van der Waals surface area contributed by atoms with Crippen LogP contribution in [0.15, 0.2) is 47.0 Å². The first-order valence-corrected chi connectivity index (χ1v) is 14.5. The maximum Gasteiger partial charge on any atom is 0.249 e. The van der Waals surface area contributed by atoms with Crippen molar-refractivity contribution in [1.82, 2.24) is 20.8 Å². The minimum Gasteiger partial charge on any atom is -0.508 e. The molecule has 11 heteroatoms. The number of hydrogen-bond acceptors (Lipinski definition) is 10. The first kappa shape index (κ1) is 34.6. The lowest BCUT2D eigenvalue weighted by Gasteiger charge is -2.22. The highest BCUT2D eigenvalue weighted by Crippen LogP contribution is 2.23. The van der Waals surface area contributed by atoms with Gasteiger partial charge in [-0.1, -0.05) is 35.5 Å². The normalized spacial score (nSPS) is 13.0. The predicted octanol–water partition coefficient (Wildman–Crippen LogP) is 2.35. The average molecular weight is 582 g/mol. The summed E-state index contributed by atoms with van der Waals surface area (Å²) >= 11 is 0. The number of benzene rings is 2. The van der Waals surface area contributed by atoms with Crippen molar-refractivity contribution in [3.05, 3.63) is 76.4 Å². The molecule has 1 amide bonds. The number of likely N-dealkylation sites (N-methyl/N-ethyl adjacent to an activating group) is 1. The number of aromatic nitrogens is 2. The minimum absolute atomic E-state index is 0.144. The second-order valence-electron chi connectivity index (χ2n) is 10.4. The largest absolute Gasteiger partial charge is 0.508 e. The van der Waals surface area contributed by atoms with E-state index in [1.54, 1.807) is 19.2 Å². The van der Waals surface area contributed by atoms with Crippen molar-refractivity contribution in [2.45, 2.75) is 76.9 Å². The highest BCUT2D eigenvalue weighted by Gasteiger charge is 2.26. The van der Waals surface area contributed by atoms with Crippen LogP contribution in [0.3, 0.4) is 0 Å². The fourth-order valence-electron chi connectivity index (χ4n) is 4.53. The number of hydrogen-bond donors (Lipinski definition) is 6. The van der Waals surface area contributed by atoms with Crippen LogP contribution in [0.2, 0.25) is 0 Å². The number of aldehydes is 1. The third-order valence-corrected chi connectivity index (χ3v) is 6.92. The molecule has 11 nitrogen and oxygen atoms in total. The van der Waals surface area contributed by atoms with Gasteiger partial charge in [0.2, 0.25) is 11.8 Å². The third kappa shape index (κ3) is 11.7. The number of unbranched alkanes of at least 4 members (excludes halogenated alkanes) is 1. The summed E-state index contributed by atoms with van der Waals surface area (Å²) in [6.45, 7) is 5.08. The predicted molar refractivity (Wildman–Crippen MR) is 164 cm³/mol. The standard InChI is InChI=1S/C26H35N5O3.C5H12N2O/c1-17-13-20(32)14-18(2)21(17)16-23(28-3)25(33)29-22(11-7-8-12-27)26-30-24(31-34-26)15-19-9-5-4-6-10-19;6-3-1-2-5(7)4-8/h4-6,9-10,13-14,22-23,28,32H,7-8,11-12,15-16,27H2,1-3H3,(H,29,33);4-5H,1-3,6-7H2/t22-,23+;5-/m10/s1. The number of nitrogens with zero attached hydrogens (tertiary/aromatic N) is 2. The summed E-state index contributed by atoms with van der Waals surface area (Å²) in [5.74, 6) is 1.07. The van der Waals surface area contributed by atoms with Crippen molar-refractivity contribution in [3.8, 4) is 5.75 Å². The van der Waals surface area contributed by atoms with E-state index in [1.165, 1.54) is 0 Å². The minimum atomic E-state index is -0.453. The molecular weight excluding hydrogens is 534 g/mol. The van der Waals surface area contributed by atoms with Crippen molar-refractivity contribution in [2.24, 2.45) is 17.2 Å². The number of phenolic OH excluding ortho intramolecular Hbond substituents is 1. The molecule has 3 rings (SSSR count). The Bertz CT molecular complexity index is 1200. The summed E-state index contributed by atoms with van der Waals surface area (Å²) in [5, 5.41) is 20.2. The number of carbonyl (C=O) groups is 2. The Morgan fingerprint density at radius 1 is 1.05 bits per heavy atom. The SMILES string of the molecule is CN[C@@H](Cc1c(C)cc(O)cc1C)C(=O)N[C@H](CCCCN)c1nc(Cc2ccccc2)no1.NCCC[C@H](N)C=O. The number of amides is 1. The van der Waals surface area contributed by atoms with E-state index in [4.69, 9.17) is 21.7 Å². The van der Waals surface area contributed by atoms with Gasteiger partial charge in [0.25, 0.3) is 0 Å². The summed E-state index contributed by atoms with van der Waals surface area (Å²) in [6.07, 6.45) is 5.68. The second kappa shape index (κ2) is 18.7. The number of phenols is 1. The van der Waals surface area contributed by atoms with Gasteiger partial charge in [0, 0.05) is 6.42 Å². The molecule has 2 aromatic carbocycles. The van der Waals surface area contributed by atoms with E-state index in [2.05, 4.69) is 20.8 Å². The molecule has 1 heterocycles. The summed E-state index contributed by atoms with van der Waals surface area (Å²) in [6, 6.07) is 12.2. The van der Waals surface area contributed by atoms with Gasteiger partial charge in [-0.25, -0.2) is 0 Å². The lowest BCUT2D eigenvalue weighted by molar-refractivity contribution is -0.124. The molecule has 0 saturated carbocycles. The van der Waals surface area contributed by atoms with Crippen LogP contribution in [-0.2, 0) is 22.4 Å². The Hall–Kier alpha value is -3.64. The van der Waals surface area contributed by atoms with Gasteiger partial charge in [-0.05, 0) is 107 Å². The summed E-state index contributed by atoms with van der Waals surface area (Å²) in [7, 11) is 1.77. The molecule has 9 N–H and O–H groups in total. The van der Waals surface area contributed by atoms with Crippen LogP contribution < -0.4 is 27.8 Å². The Morgan fingerprint density at radius 2 is 1.71 bits per heavy atom. The van der Waals surface area contributed by atoms with E-state index in [9.17, 15) is 14.7 Å². The fraction of sp³-hybridized carbons (Fsp3) is 0.484. The van der Waals surface area contributed by atoms with Gasteiger partial charge >= 0.3 is 0 Å². The molecule has 3 aromatic rings. The van der Waals surface area contributed by atoms with E-state index in [-0.39, 0.29) is 17.7 Å². The maximum atomic E-state index is 13.2. The Kier molecular flexibility index (Phi) is 15.4. The molecule has 230 valence electrons. The average Bonchev–Trinajstić information content (AvgIpc) is 3.44. The molecular formula is C31H47N7O4. The van der Waals surface area contributed by atoms with Gasteiger partial charge in [0.1, 0.15) is 18.1 Å². The Balaban J connectivity index is 0.000000675. The van der Waals surface area contributed by atoms with Crippen LogP contribution in [0.25, 0.3) is 0 Å². The molecule has 0 fully saturated rings. The van der Waals surface area contributed by atoms with Gasteiger partial charge in [0.05, 0.1) is 12.1 Å². The zero-order valence-corrected chi connectivity index (χ0v) is 25.0. The number of rotatable bonds is 16. The van der Waals surface area contributed by atoms with Crippen molar-refractivity contribution in [3.63, 3.8) is 0 Å². The molecule has 0 bridgehead atoms. The number of aryl methyl sites for hydroxylation is 2. The zero-order chi connectivity index (χ0) is 30.9. The van der Waals surface area contributed by atoms with E-state index in [0.717, 1.165) is 47.8 Å². The summed E-state index contributed by atoms with van der Waals surface area (Å²) in [4.78, 5) is 27.7. The van der Waals surface area contributed by atoms with E-state index < -0.39 is 12.1 Å². The van der Waals surface area contributed by atoms with Gasteiger partial charge in [-0.3, -0.25) is 4.79 Å². The van der Waals surface area contributed by atoms with Gasteiger partial charge in [0.15, 0.2) is 5.82 Å². The maximum absolute atomic E-state index is 13.2. The van der Waals surface area contributed by atoms with Crippen LogP contribution >= 0.6 is 0 Å². The number of nitrogens with two attached hydrogens (primary N) is 3. The van der Waals surface area contributed by atoms with Crippen LogP contribution in [0.1, 0.15) is 72.1 Å². The Labute approximate surface area is 248 Å². The lowest BCUT2D eigenvalue weighted by atomic mass is 9.95. The summed E-state index contributed by atoms with van der Waals surface area (Å²) in [5.41, 5.74) is 20.1. The Morgan fingerprint density at radius 3 is 2.31 bits per heavy atom. The topological polar surface area (TPSA) is 195 Å². The molecule has 0 aliphatic rings. The number of aromatic hydroxyl groups is 1. The van der Waals surface area contributed by atoms with Gasteiger partial charge < -0.3 is 42.3 Å². The molecule has 42 heavy (non-hydrogen) atoms. The van der Waals surface area contributed by atoms with E-state index in [1.807, 2.05) is 44.2 Å². The highest BCUT2D eigenvalue weighted by atomic mass is 16.5. The van der Waals surface area contributed by atoms with Crippen molar-refractivity contribution in [2.75, 3.05) is 20.1 Å². The van der Waals surface area contributed by atoms with Crippen molar-refractivity contribution in [1.29, 1.82) is 0 Å². The second-order valence-corrected chi connectivity index (χ2v) is 10.4. The fourth-order valence-corrected chi connectivity index (χ4v) is 4.53. The van der Waals surface area contributed by atoms with Crippen LogP contribution in [0.4, 0.5) is 0 Å². The molecule has 0 radical (unpaired) electrons.